The van der Waals surface area contributed by atoms with Gasteiger partial charge in [-0.2, -0.15) is 0 Å². The van der Waals surface area contributed by atoms with Gasteiger partial charge in [-0.25, -0.2) is 0 Å². The van der Waals surface area contributed by atoms with E-state index in [0.29, 0.717) is 44.5 Å². The molecule has 0 aliphatic rings. The molecule has 0 aromatic heterocycles. The van der Waals surface area contributed by atoms with E-state index in [2.05, 4.69) is 5.32 Å². The summed E-state index contributed by atoms with van der Waals surface area (Å²) >= 11 is 0. The number of ether oxygens (including phenoxy) is 4. The van der Waals surface area contributed by atoms with E-state index in [1.807, 2.05) is 43.3 Å². The maximum atomic E-state index is 12.0. The fourth-order valence-corrected chi connectivity index (χ4v) is 2.41. The molecule has 0 saturated carbocycles. The van der Waals surface area contributed by atoms with Gasteiger partial charge >= 0.3 is 0 Å². The second kappa shape index (κ2) is 11.9. The lowest BCUT2D eigenvalue weighted by molar-refractivity contribution is -0.123. The normalized spacial score (nSPS) is 10.4. The van der Waals surface area contributed by atoms with Crippen LogP contribution >= 0.6 is 0 Å². The molecule has 0 fully saturated rings. The van der Waals surface area contributed by atoms with Crippen LogP contribution in [0.4, 0.5) is 0 Å². The van der Waals surface area contributed by atoms with E-state index < -0.39 is 0 Å². The molecular formula is C21H27NO5. The molecule has 2 aromatic carbocycles. The van der Waals surface area contributed by atoms with E-state index in [0.717, 1.165) is 11.1 Å². The Kier molecular flexibility index (Phi) is 9.17. The predicted octanol–water partition coefficient (Wildman–Crippen LogP) is 2.94. The van der Waals surface area contributed by atoms with Gasteiger partial charge in [0.1, 0.15) is 0 Å². The smallest absolute Gasteiger partial charge is 0.258 e. The van der Waals surface area contributed by atoms with Crippen molar-refractivity contribution in [3.05, 3.63) is 59.7 Å². The SMILES string of the molecule is CCOCCOCc1cccc(CNC(=O)COc2ccccc2OC)c1. The molecule has 0 aliphatic carbocycles. The van der Waals surface area contributed by atoms with Gasteiger partial charge < -0.3 is 24.3 Å². The topological polar surface area (TPSA) is 66.0 Å². The summed E-state index contributed by atoms with van der Waals surface area (Å²) in [5.74, 6) is 0.947. The fraction of sp³-hybridized carbons (Fsp3) is 0.381. The van der Waals surface area contributed by atoms with E-state index >= 15 is 0 Å². The minimum atomic E-state index is -0.195. The molecule has 2 aromatic rings. The monoisotopic (exact) mass is 373 g/mol. The minimum Gasteiger partial charge on any atom is -0.493 e. The number of hydrogen-bond acceptors (Lipinski definition) is 5. The van der Waals surface area contributed by atoms with Crippen molar-refractivity contribution in [2.75, 3.05) is 33.5 Å². The summed E-state index contributed by atoms with van der Waals surface area (Å²) in [5, 5.41) is 2.85. The van der Waals surface area contributed by atoms with Gasteiger partial charge in [-0.1, -0.05) is 36.4 Å². The molecule has 1 amide bonds. The number of carbonyl (C=O) groups excluding carboxylic acids is 1. The molecule has 0 atom stereocenters. The van der Waals surface area contributed by atoms with Crippen molar-refractivity contribution in [1.82, 2.24) is 5.32 Å². The van der Waals surface area contributed by atoms with Gasteiger partial charge in [0.15, 0.2) is 18.1 Å². The average Bonchev–Trinajstić information content (AvgIpc) is 2.71. The minimum absolute atomic E-state index is 0.0688. The number of nitrogens with one attached hydrogen (secondary N) is 1. The van der Waals surface area contributed by atoms with Gasteiger partial charge in [0.25, 0.3) is 5.91 Å². The number of rotatable bonds is 12. The number of amides is 1. The third-order valence-corrected chi connectivity index (χ3v) is 3.75. The maximum Gasteiger partial charge on any atom is 0.258 e. The van der Waals surface area contributed by atoms with Crippen molar-refractivity contribution < 1.29 is 23.7 Å². The Morgan fingerprint density at radius 1 is 0.963 bits per heavy atom. The van der Waals surface area contributed by atoms with Gasteiger partial charge in [0, 0.05) is 13.2 Å². The lowest BCUT2D eigenvalue weighted by atomic mass is 10.1. The highest BCUT2D eigenvalue weighted by atomic mass is 16.5. The Bertz CT molecular complexity index is 704. The zero-order chi connectivity index (χ0) is 19.3. The van der Waals surface area contributed by atoms with Gasteiger partial charge in [0.2, 0.25) is 0 Å². The van der Waals surface area contributed by atoms with Crippen molar-refractivity contribution in [1.29, 1.82) is 0 Å². The maximum absolute atomic E-state index is 12.0. The number of methoxy groups -OCH3 is 1. The molecule has 6 heteroatoms. The highest BCUT2D eigenvalue weighted by Crippen LogP contribution is 2.25. The molecule has 0 heterocycles. The molecule has 27 heavy (non-hydrogen) atoms. The first-order valence-electron chi connectivity index (χ1n) is 8.98. The molecule has 146 valence electrons. The first-order chi connectivity index (χ1) is 13.2. The van der Waals surface area contributed by atoms with Crippen LogP contribution in [0.3, 0.4) is 0 Å². The summed E-state index contributed by atoms with van der Waals surface area (Å²) in [6, 6.07) is 15.2. The zero-order valence-corrected chi connectivity index (χ0v) is 15.9. The van der Waals surface area contributed by atoms with Crippen molar-refractivity contribution in [3.63, 3.8) is 0 Å². The van der Waals surface area contributed by atoms with Gasteiger partial charge in [0.05, 0.1) is 26.9 Å². The highest BCUT2D eigenvalue weighted by Gasteiger charge is 2.07. The summed E-state index contributed by atoms with van der Waals surface area (Å²) in [4.78, 5) is 12.0. The standard InChI is InChI=1S/C21H27NO5/c1-3-25-11-12-26-15-18-8-6-7-17(13-18)14-22-21(23)16-27-20-10-5-4-9-19(20)24-2/h4-10,13H,3,11-12,14-16H2,1-2H3,(H,22,23). The van der Waals surface area contributed by atoms with Crippen LogP contribution in [0.5, 0.6) is 11.5 Å². The van der Waals surface area contributed by atoms with E-state index in [1.54, 1.807) is 19.2 Å². The molecule has 0 unspecified atom stereocenters. The lowest BCUT2D eigenvalue weighted by Gasteiger charge is -2.11. The Balaban J connectivity index is 1.73. The quantitative estimate of drug-likeness (QED) is 0.580. The van der Waals surface area contributed by atoms with Crippen LogP contribution in [0.1, 0.15) is 18.1 Å². The van der Waals surface area contributed by atoms with Crippen molar-refractivity contribution >= 4 is 5.91 Å². The molecule has 0 aliphatic heterocycles. The predicted molar refractivity (Wildman–Crippen MR) is 103 cm³/mol. The van der Waals surface area contributed by atoms with Gasteiger partial charge in [-0.3, -0.25) is 4.79 Å². The summed E-state index contributed by atoms with van der Waals surface area (Å²) in [5.41, 5.74) is 2.06. The van der Waals surface area contributed by atoms with Crippen molar-refractivity contribution in [2.45, 2.75) is 20.1 Å². The first-order valence-corrected chi connectivity index (χ1v) is 8.98. The number of hydrogen-bond donors (Lipinski definition) is 1. The summed E-state index contributed by atoms with van der Waals surface area (Å²) in [6.45, 7) is 4.69. The molecule has 0 radical (unpaired) electrons. The molecule has 1 N–H and O–H groups in total. The third kappa shape index (κ3) is 7.68. The second-order valence-electron chi connectivity index (χ2n) is 5.79. The van der Waals surface area contributed by atoms with Gasteiger partial charge in [-0.05, 0) is 30.2 Å². The molecular weight excluding hydrogens is 346 g/mol. The number of benzene rings is 2. The van der Waals surface area contributed by atoms with Crippen molar-refractivity contribution in [3.8, 4) is 11.5 Å². The van der Waals surface area contributed by atoms with E-state index in [9.17, 15) is 4.79 Å². The van der Waals surface area contributed by atoms with Crippen LogP contribution in [-0.2, 0) is 27.4 Å². The van der Waals surface area contributed by atoms with Crippen LogP contribution in [0.15, 0.2) is 48.5 Å². The molecule has 0 bridgehead atoms. The van der Waals surface area contributed by atoms with Crippen LogP contribution in [0, 0.1) is 0 Å². The van der Waals surface area contributed by atoms with Crippen molar-refractivity contribution in [2.24, 2.45) is 0 Å². The van der Waals surface area contributed by atoms with Gasteiger partial charge in [-0.15, -0.1) is 0 Å². The van der Waals surface area contributed by atoms with E-state index in [1.165, 1.54) is 0 Å². The largest absolute Gasteiger partial charge is 0.493 e. The fourth-order valence-electron chi connectivity index (χ4n) is 2.41. The third-order valence-electron chi connectivity index (χ3n) is 3.75. The summed E-state index contributed by atoms with van der Waals surface area (Å²) in [7, 11) is 1.57. The molecule has 0 saturated heterocycles. The second-order valence-corrected chi connectivity index (χ2v) is 5.79. The number of para-hydroxylation sites is 2. The number of carbonyl (C=O) groups is 1. The average molecular weight is 373 g/mol. The zero-order valence-electron chi connectivity index (χ0n) is 15.9. The Labute approximate surface area is 160 Å². The van der Waals surface area contributed by atoms with Crippen LogP contribution in [0.2, 0.25) is 0 Å². The molecule has 6 nitrogen and oxygen atoms in total. The summed E-state index contributed by atoms with van der Waals surface area (Å²) < 4.78 is 21.5. The van der Waals surface area contributed by atoms with Crippen LogP contribution in [-0.4, -0.2) is 39.4 Å². The Hall–Kier alpha value is -2.57. The Morgan fingerprint density at radius 3 is 2.48 bits per heavy atom. The first kappa shape index (κ1) is 20.7. The highest BCUT2D eigenvalue weighted by molar-refractivity contribution is 5.77. The molecule has 0 spiro atoms. The summed E-state index contributed by atoms with van der Waals surface area (Å²) in [6.07, 6.45) is 0. The van der Waals surface area contributed by atoms with Crippen LogP contribution < -0.4 is 14.8 Å². The lowest BCUT2D eigenvalue weighted by Crippen LogP contribution is -2.28. The van der Waals surface area contributed by atoms with E-state index in [-0.39, 0.29) is 12.5 Å². The van der Waals surface area contributed by atoms with Crippen LogP contribution in [0.25, 0.3) is 0 Å². The van der Waals surface area contributed by atoms with E-state index in [4.69, 9.17) is 18.9 Å². The Morgan fingerprint density at radius 2 is 1.70 bits per heavy atom. The molecule has 2 rings (SSSR count).